The highest BCUT2D eigenvalue weighted by Crippen LogP contribution is 2.12. The fraction of sp³-hybridized carbons (Fsp3) is 0.312. The van der Waals surface area contributed by atoms with E-state index >= 15 is 0 Å². The van der Waals surface area contributed by atoms with Crippen molar-refractivity contribution in [1.29, 1.82) is 5.41 Å². The zero-order valence-electron chi connectivity index (χ0n) is 13.4. The first-order valence-electron chi connectivity index (χ1n) is 7.35. The minimum absolute atomic E-state index is 0.173. The third kappa shape index (κ3) is 7.30. The van der Waals surface area contributed by atoms with Crippen LogP contribution in [0, 0.1) is 5.41 Å². The number of rotatable bonds is 9. The number of ether oxygens (including phenoxy) is 1. The molecule has 1 rings (SSSR count). The highest BCUT2D eigenvalue weighted by Gasteiger charge is 2.18. The molecule has 0 unspecified atom stereocenters. The van der Waals surface area contributed by atoms with Crippen molar-refractivity contribution < 1.29 is 19.4 Å². The van der Waals surface area contributed by atoms with Gasteiger partial charge in [-0.25, -0.2) is 4.79 Å². The third-order valence-electron chi connectivity index (χ3n) is 3.14. The summed E-state index contributed by atoms with van der Waals surface area (Å²) in [4.78, 5) is 23.0. The lowest BCUT2D eigenvalue weighted by atomic mass is 10.1. The van der Waals surface area contributed by atoms with Gasteiger partial charge in [-0.1, -0.05) is 12.1 Å². The lowest BCUT2D eigenvalue weighted by Crippen LogP contribution is -2.40. The number of benzene rings is 1. The molecule has 130 valence electrons. The second-order valence-corrected chi connectivity index (χ2v) is 4.99. The Bertz CT molecular complexity index is 599. The Kier molecular flexibility index (Phi) is 7.83. The number of hydrogen-bond acceptors (Lipinski definition) is 4. The highest BCUT2D eigenvalue weighted by molar-refractivity contribution is 5.94. The summed E-state index contributed by atoms with van der Waals surface area (Å²) in [6.07, 6.45) is 3.56. The van der Waals surface area contributed by atoms with Crippen LogP contribution in [0.25, 0.3) is 6.08 Å². The van der Waals surface area contributed by atoms with E-state index in [4.69, 9.17) is 21.0 Å². The summed E-state index contributed by atoms with van der Waals surface area (Å²) in [5.41, 5.74) is 5.93. The van der Waals surface area contributed by atoms with E-state index in [-0.39, 0.29) is 12.4 Å². The van der Waals surface area contributed by atoms with Crippen molar-refractivity contribution in [3.05, 3.63) is 35.9 Å². The van der Waals surface area contributed by atoms with Crippen LogP contribution in [-0.4, -0.2) is 42.6 Å². The quantitative estimate of drug-likeness (QED) is 0.193. The fourth-order valence-electron chi connectivity index (χ4n) is 1.89. The molecule has 1 aromatic carbocycles. The molecule has 0 saturated heterocycles. The van der Waals surface area contributed by atoms with Crippen molar-refractivity contribution in [2.24, 2.45) is 5.73 Å². The average Bonchev–Trinajstić information content (AvgIpc) is 2.55. The topological polar surface area (TPSA) is 138 Å². The van der Waals surface area contributed by atoms with E-state index in [0.29, 0.717) is 18.7 Å². The fourth-order valence-corrected chi connectivity index (χ4v) is 1.89. The maximum Gasteiger partial charge on any atom is 0.326 e. The van der Waals surface area contributed by atoms with Crippen molar-refractivity contribution in [2.75, 3.05) is 13.7 Å². The molecule has 0 aliphatic heterocycles. The molecule has 0 heterocycles. The Balaban J connectivity index is 2.50. The van der Waals surface area contributed by atoms with Crippen LogP contribution in [0.3, 0.4) is 0 Å². The molecular formula is C16H22N4O4. The molecule has 1 aromatic rings. The van der Waals surface area contributed by atoms with Crippen LogP contribution in [0.4, 0.5) is 0 Å². The SMILES string of the molecule is COc1ccc(C=CC(=O)N[C@@H](CCCNC(=N)N)C(=O)O)cc1. The lowest BCUT2D eigenvalue weighted by Gasteiger charge is -2.13. The number of carbonyl (C=O) groups is 2. The van der Waals surface area contributed by atoms with Crippen LogP contribution in [-0.2, 0) is 9.59 Å². The molecule has 0 aromatic heterocycles. The summed E-state index contributed by atoms with van der Waals surface area (Å²) >= 11 is 0. The number of nitrogens with one attached hydrogen (secondary N) is 3. The van der Waals surface area contributed by atoms with E-state index in [1.54, 1.807) is 37.5 Å². The molecule has 6 N–H and O–H groups in total. The minimum Gasteiger partial charge on any atom is -0.497 e. The maximum absolute atomic E-state index is 11.8. The van der Waals surface area contributed by atoms with E-state index in [0.717, 1.165) is 5.56 Å². The zero-order chi connectivity index (χ0) is 17.9. The summed E-state index contributed by atoms with van der Waals surface area (Å²) in [5.74, 6) is -1.06. The van der Waals surface area contributed by atoms with Gasteiger partial charge in [0.15, 0.2) is 5.96 Å². The number of carboxylic acids is 1. The van der Waals surface area contributed by atoms with Gasteiger partial charge in [0.25, 0.3) is 0 Å². The van der Waals surface area contributed by atoms with Crippen LogP contribution in [0.5, 0.6) is 5.75 Å². The Labute approximate surface area is 140 Å². The highest BCUT2D eigenvalue weighted by atomic mass is 16.5. The third-order valence-corrected chi connectivity index (χ3v) is 3.14. The average molecular weight is 334 g/mol. The summed E-state index contributed by atoms with van der Waals surface area (Å²) in [6, 6.07) is 6.10. The number of hydrogen-bond donors (Lipinski definition) is 5. The van der Waals surface area contributed by atoms with E-state index in [1.165, 1.54) is 6.08 Å². The van der Waals surface area contributed by atoms with Gasteiger partial charge in [-0.15, -0.1) is 0 Å². The predicted molar refractivity (Wildman–Crippen MR) is 90.7 cm³/mol. The van der Waals surface area contributed by atoms with Crippen molar-refractivity contribution in [2.45, 2.75) is 18.9 Å². The Morgan fingerprint density at radius 1 is 1.38 bits per heavy atom. The number of methoxy groups -OCH3 is 1. The molecule has 0 bridgehead atoms. The number of carbonyl (C=O) groups excluding carboxylic acids is 1. The second-order valence-electron chi connectivity index (χ2n) is 4.99. The second kappa shape index (κ2) is 9.88. The molecule has 1 amide bonds. The van der Waals surface area contributed by atoms with Crippen molar-refractivity contribution in [3.8, 4) is 5.75 Å². The Hall–Kier alpha value is -3.03. The Morgan fingerprint density at radius 2 is 2.04 bits per heavy atom. The van der Waals surface area contributed by atoms with E-state index in [1.807, 2.05) is 0 Å². The summed E-state index contributed by atoms with van der Waals surface area (Å²) in [7, 11) is 1.57. The number of nitrogens with two attached hydrogens (primary N) is 1. The molecule has 0 aliphatic carbocycles. The molecule has 0 fully saturated rings. The standard InChI is InChI=1S/C16H22N4O4/c1-24-12-7-4-11(5-8-12)6-9-14(21)20-13(15(22)23)3-2-10-19-16(17)18/h4-9,13H,2-3,10H2,1H3,(H,20,21)(H,22,23)(H4,17,18,19)/t13-/m0/s1. The van der Waals surface area contributed by atoms with Gasteiger partial charge in [-0.05, 0) is 36.6 Å². The molecule has 8 nitrogen and oxygen atoms in total. The van der Waals surface area contributed by atoms with Gasteiger partial charge in [0.1, 0.15) is 11.8 Å². The molecule has 8 heteroatoms. The summed E-state index contributed by atoms with van der Waals surface area (Å²) < 4.78 is 5.04. The number of carboxylic acid groups (broad SMARTS) is 1. The minimum atomic E-state index is -1.11. The van der Waals surface area contributed by atoms with Crippen LogP contribution in [0.15, 0.2) is 30.3 Å². The maximum atomic E-state index is 11.8. The predicted octanol–water partition coefficient (Wildman–Crippen LogP) is 0.541. The van der Waals surface area contributed by atoms with Gasteiger partial charge in [-0.3, -0.25) is 10.2 Å². The number of amides is 1. The smallest absolute Gasteiger partial charge is 0.326 e. The zero-order valence-corrected chi connectivity index (χ0v) is 13.4. The first kappa shape index (κ1) is 19.0. The van der Waals surface area contributed by atoms with Gasteiger partial charge in [0, 0.05) is 12.6 Å². The van der Waals surface area contributed by atoms with Crippen LogP contribution >= 0.6 is 0 Å². The molecule has 0 spiro atoms. The van der Waals surface area contributed by atoms with E-state index < -0.39 is 17.9 Å². The summed E-state index contributed by atoms with van der Waals surface area (Å²) in [6.45, 7) is 0.372. The number of guanidine groups is 1. The summed E-state index contributed by atoms with van der Waals surface area (Å²) in [5, 5.41) is 21.2. The van der Waals surface area contributed by atoms with Gasteiger partial charge in [-0.2, -0.15) is 0 Å². The molecule has 0 radical (unpaired) electrons. The van der Waals surface area contributed by atoms with E-state index in [9.17, 15) is 9.59 Å². The van der Waals surface area contributed by atoms with Crippen LogP contribution < -0.4 is 21.1 Å². The van der Waals surface area contributed by atoms with Crippen molar-refractivity contribution in [3.63, 3.8) is 0 Å². The largest absolute Gasteiger partial charge is 0.497 e. The van der Waals surface area contributed by atoms with Gasteiger partial charge < -0.3 is 26.2 Å². The van der Waals surface area contributed by atoms with Crippen molar-refractivity contribution in [1.82, 2.24) is 10.6 Å². The van der Waals surface area contributed by atoms with Gasteiger partial charge in [0.05, 0.1) is 7.11 Å². The molecule has 1 atom stereocenters. The molecule has 0 saturated carbocycles. The molecular weight excluding hydrogens is 312 g/mol. The first-order chi connectivity index (χ1) is 11.4. The van der Waals surface area contributed by atoms with Crippen LogP contribution in [0.2, 0.25) is 0 Å². The number of aliphatic carboxylic acids is 1. The molecule has 0 aliphatic rings. The molecule has 24 heavy (non-hydrogen) atoms. The lowest BCUT2D eigenvalue weighted by molar-refractivity contribution is -0.141. The van der Waals surface area contributed by atoms with Gasteiger partial charge >= 0.3 is 5.97 Å². The normalized spacial score (nSPS) is 11.7. The van der Waals surface area contributed by atoms with Gasteiger partial charge in [0.2, 0.25) is 5.91 Å². The van der Waals surface area contributed by atoms with Crippen molar-refractivity contribution >= 4 is 23.9 Å². The monoisotopic (exact) mass is 334 g/mol. The Morgan fingerprint density at radius 3 is 2.58 bits per heavy atom. The van der Waals surface area contributed by atoms with E-state index in [2.05, 4.69) is 10.6 Å². The van der Waals surface area contributed by atoms with Crippen LogP contribution in [0.1, 0.15) is 18.4 Å². The first-order valence-corrected chi connectivity index (χ1v) is 7.35.